The SMILES string of the molecule is Cc1ccc(C2(CCN)CCC2)c(F)c1. The van der Waals surface area contributed by atoms with Gasteiger partial charge in [0.15, 0.2) is 0 Å². The van der Waals surface area contributed by atoms with Gasteiger partial charge < -0.3 is 5.73 Å². The average molecular weight is 207 g/mol. The third kappa shape index (κ3) is 1.78. The van der Waals surface area contributed by atoms with Gasteiger partial charge in [0, 0.05) is 0 Å². The number of hydrogen-bond donors (Lipinski definition) is 1. The molecule has 0 heterocycles. The van der Waals surface area contributed by atoms with E-state index in [1.165, 1.54) is 6.42 Å². The lowest BCUT2D eigenvalue weighted by atomic mass is 9.62. The number of benzene rings is 1. The molecule has 82 valence electrons. The van der Waals surface area contributed by atoms with E-state index in [2.05, 4.69) is 0 Å². The van der Waals surface area contributed by atoms with Crippen LogP contribution < -0.4 is 5.73 Å². The van der Waals surface area contributed by atoms with Crippen LogP contribution in [0.4, 0.5) is 4.39 Å². The summed E-state index contributed by atoms with van der Waals surface area (Å²) in [6.45, 7) is 2.57. The van der Waals surface area contributed by atoms with Crippen LogP contribution in [0.25, 0.3) is 0 Å². The van der Waals surface area contributed by atoms with Crippen LogP contribution in [-0.4, -0.2) is 6.54 Å². The molecule has 2 heteroatoms. The molecule has 2 rings (SSSR count). The number of hydrogen-bond acceptors (Lipinski definition) is 1. The second-order valence-corrected chi connectivity index (χ2v) is 4.66. The Kier molecular flexibility index (Phi) is 2.79. The third-order valence-corrected chi connectivity index (χ3v) is 3.63. The normalized spacial score (nSPS) is 18.6. The molecule has 0 atom stereocenters. The molecule has 0 radical (unpaired) electrons. The quantitative estimate of drug-likeness (QED) is 0.810. The Morgan fingerprint density at radius 2 is 2.13 bits per heavy atom. The van der Waals surface area contributed by atoms with Gasteiger partial charge in [0.25, 0.3) is 0 Å². The van der Waals surface area contributed by atoms with Gasteiger partial charge in [-0.05, 0) is 55.3 Å². The first kappa shape index (κ1) is 10.6. The van der Waals surface area contributed by atoms with Gasteiger partial charge in [0.1, 0.15) is 5.82 Å². The lowest BCUT2D eigenvalue weighted by Crippen LogP contribution is -2.37. The zero-order valence-electron chi connectivity index (χ0n) is 9.22. The fourth-order valence-corrected chi connectivity index (χ4v) is 2.58. The van der Waals surface area contributed by atoms with Gasteiger partial charge in [-0.25, -0.2) is 4.39 Å². The second kappa shape index (κ2) is 3.93. The molecule has 1 aliphatic rings. The van der Waals surface area contributed by atoms with Crippen LogP contribution in [0.15, 0.2) is 18.2 Å². The van der Waals surface area contributed by atoms with Crippen molar-refractivity contribution in [1.29, 1.82) is 0 Å². The summed E-state index contributed by atoms with van der Waals surface area (Å²) in [5.74, 6) is -0.0526. The van der Waals surface area contributed by atoms with E-state index in [1.807, 2.05) is 19.1 Å². The summed E-state index contributed by atoms with van der Waals surface area (Å²) in [7, 11) is 0. The maximum Gasteiger partial charge on any atom is 0.127 e. The lowest BCUT2D eigenvalue weighted by molar-refractivity contribution is 0.222. The third-order valence-electron chi connectivity index (χ3n) is 3.63. The summed E-state index contributed by atoms with van der Waals surface area (Å²) in [6, 6.07) is 5.57. The van der Waals surface area contributed by atoms with Crippen LogP contribution in [0.1, 0.15) is 36.8 Å². The molecule has 0 unspecified atom stereocenters. The maximum absolute atomic E-state index is 13.8. The highest BCUT2D eigenvalue weighted by Gasteiger charge is 2.39. The molecular weight excluding hydrogens is 189 g/mol. The monoisotopic (exact) mass is 207 g/mol. The Labute approximate surface area is 90.5 Å². The molecule has 0 aromatic heterocycles. The molecule has 1 aromatic carbocycles. The van der Waals surface area contributed by atoms with Crippen molar-refractivity contribution in [1.82, 2.24) is 0 Å². The Balaban J connectivity index is 2.34. The number of nitrogens with two attached hydrogens (primary N) is 1. The van der Waals surface area contributed by atoms with Gasteiger partial charge in [-0.2, -0.15) is 0 Å². The first-order chi connectivity index (χ1) is 7.18. The summed E-state index contributed by atoms with van der Waals surface area (Å²) >= 11 is 0. The van der Waals surface area contributed by atoms with Gasteiger partial charge in [-0.1, -0.05) is 18.6 Å². The summed E-state index contributed by atoms with van der Waals surface area (Å²) in [4.78, 5) is 0. The van der Waals surface area contributed by atoms with Crippen LogP contribution in [-0.2, 0) is 5.41 Å². The van der Waals surface area contributed by atoms with Crippen LogP contribution >= 0.6 is 0 Å². The Hall–Kier alpha value is -0.890. The topological polar surface area (TPSA) is 26.0 Å². The van der Waals surface area contributed by atoms with Gasteiger partial charge in [-0.15, -0.1) is 0 Å². The van der Waals surface area contributed by atoms with Gasteiger partial charge in [0.2, 0.25) is 0 Å². The number of aryl methyl sites for hydroxylation is 1. The minimum Gasteiger partial charge on any atom is -0.330 e. The molecule has 0 spiro atoms. The van der Waals surface area contributed by atoms with Crippen LogP contribution in [0.2, 0.25) is 0 Å². The Morgan fingerprint density at radius 3 is 2.60 bits per heavy atom. The molecule has 1 aromatic rings. The molecule has 1 fully saturated rings. The number of rotatable bonds is 3. The predicted molar refractivity (Wildman–Crippen MR) is 60.3 cm³/mol. The minimum atomic E-state index is -0.0526. The fraction of sp³-hybridized carbons (Fsp3) is 0.538. The predicted octanol–water partition coefficient (Wildman–Crippen LogP) is 2.90. The van der Waals surface area contributed by atoms with Crippen molar-refractivity contribution in [3.05, 3.63) is 35.1 Å². The summed E-state index contributed by atoms with van der Waals surface area (Å²) in [5, 5.41) is 0. The maximum atomic E-state index is 13.8. The van der Waals surface area contributed by atoms with E-state index in [1.54, 1.807) is 6.07 Å². The minimum absolute atomic E-state index is 0.0481. The van der Waals surface area contributed by atoms with Crippen molar-refractivity contribution in [2.75, 3.05) is 6.54 Å². The lowest BCUT2D eigenvalue weighted by Gasteiger charge is -2.42. The van der Waals surface area contributed by atoms with Crippen molar-refractivity contribution in [2.24, 2.45) is 5.73 Å². The Morgan fingerprint density at radius 1 is 1.40 bits per heavy atom. The number of halogens is 1. The summed E-state index contributed by atoms with van der Waals surface area (Å²) in [5.41, 5.74) is 7.53. The zero-order valence-corrected chi connectivity index (χ0v) is 9.22. The smallest absolute Gasteiger partial charge is 0.127 e. The highest BCUT2D eigenvalue weighted by Crippen LogP contribution is 2.47. The molecule has 15 heavy (non-hydrogen) atoms. The molecule has 2 N–H and O–H groups in total. The van der Waals surface area contributed by atoms with Crippen molar-refractivity contribution in [3.8, 4) is 0 Å². The summed E-state index contributed by atoms with van der Waals surface area (Å²) < 4.78 is 13.8. The molecule has 0 saturated heterocycles. The second-order valence-electron chi connectivity index (χ2n) is 4.66. The molecule has 1 nitrogen and oxygen atoms in total. The van der Waals surface area contributed by atoms with E-state index in [0.717, 1.165) is 30.4 Å². The first-order valence-corrected chi connectivity index (χ1v) is 5.65. The van der Waals surface area contributed by atoms with E-state index in [-0.39, 0.29) is 11.2 Å². The molecule has 1 aliphatic carbocycles. The van der Waals surface area contributed by atoms with Gasteiger partial charge in [0.05, 0.1) is 0 Å². The van der Waals surface area contributed by atoms with Gasteiger partial charge >= 0.3 is 0 Å². The van der Waals surface area contributed by atoms with E-state index in [9.17, 15) is 4.39 Å². The van der Waals surface area contributed by atoms with E-state index in [4.69, 9.17) is 5.73 Å². The van der Waals surface area contributed by atoms with E-state index < -0.39 is 0 Å². The molecule has 0 bridgehead atoms. The first-order valence-electron chi connectivity index (χ1n) is 5.65. The van der Waals surface area contributed by atoms with Crippen molar-refractivity contribution < 1.29 is 4.39 Å². The largest absolute Gasteiger partial charge is 0.330 e. The molecule has 1 saturated carbocycles. The zero-order chi connectivity index (χ0) is 10.9. The highest BCUT2D eigenvalue weighted by atomic mass is 19.1. The highest BCUT2D eigenvalue weighted by molar-refractivity contribution is 5.32. The van der Waals surface area contributed by atoms with Crippen LogP contribution in [0.3, 0.4) is 0 Å². The molecule has 0 amide bonds. The standard InChI is InChI=1S/C13H18FN/c1-10-3-4-11(12(14)9-10)13(7-8-15)5-2-6-13/h3-4,9H,2,5-8,15H2,1H3. The average Bonchev–Trinajstić information content (AvgIpc) is 2.12. The van der Waals surface area contributed by atoms with Crippen LogP contribution in [0, 0.1) is 12.7 Å². The van der Waals surface area contributed by atoms with Crippen molar-refractivity contribution in [3.63, 3.8) is 0 Å². The van der Waals surface area contributed by atoms with E-state index in [0.29, 0.717) is 6.54 Å². The molecular formula is C13H18FN. The van der Waals surface area contributed by atoms with Crippen LogP contribution in [0.5, 0.6) is 0 Å². The van der Waals surface area contributed by atoms with Crippen molar-refractivity contribution in [2.45, 2.75) is 38.0 Å². The molecule has 0 aliphatic heterocycles. The van der Waals surface area contributed by atoms with Crippen molar-refractivity contribution >= 4 is 0 Å². The summed E-state index contributed by atoms with van der Waals surface area (Å²) in [6.07, 6.45) is 4.29. The van der Waals surface area contributed by atoms with Gasteiger partial charge in [-0.3, -0.25) is 0 Å². The Bertz CT molecular complexity index is 356. The van der Waals surface area contributed by atoms with E-state index >= 15 is 0 Å². The fourth-order valence-electron chi connectivity index (χ4n) is 2.58.